The second-order valence-corrected chi connectivity index (χ2v) is 6.66. The maximum atomic E-state index is 4.31. The van der Waals surface area contributed by atoms with Crippen molar-refractivity contribution in [2.45, 2.75) is 46.1 Å². The standard InChI is InChI=1S/C12H20N2S/c1-9-13-7-11(15-9)6-12(2,3)8-14-10-4-5-10/h7,10,14H,4-6,8H2,1-3H3. The molecule has 3 heteroatoms. The molecule has 0 spiro atoms. The van der Waals surface area contributed by atoms with Crippen molar-refractivity contribution in [2.75, 3.05) is 6.54 Å². The Balaban J connectivity index is 1.84. The summed E-state index contributed by atoms with van der Waals surface area (Å²) in [6, 6.07) is 0.812. The maximum absolute atomic E-state index is 4.31. The lowest BCUT2D eigenvalue weighted by Crippen LogP contribution is -2.32. The first kappa shape index (κ1) is 11.1. The summed E-state index contributed by atoms with van der Waals surface area (Å²) in [6.45, 7) is 7.85. The second-order valence-electron chi connectivity index (χ2n) is 5.34. The summed E-state index contributed by atoms with van der Waals surface area (Å²) >= 11 is 1.83. The Hall–Kier alpha value is -0.410. The maximum Gasteiger partial charge on any atom is 0.0896 e. The first-order chi connectivity index (χ1) is 7.05. The van der Waals surface area contributed by atoms with E-state index >= 15 is 0 Å². The predicted molar refractivity (Wildman–Crippen MR) is 65.4 cm³/mol. The SMILES string of the molecule is Cc1ncc(CC(C)(C)CNC2CC2)s1. The van der Waals surface area contributed by atoms with E-state index in [1.54, 1.807) is 0 Å². The lowest BCUT2D eigenvalue weighted by Gasteiger charge is -2.24. The van der Waals surface area contributed by atoms with Gasteiger partial charge in [0.05, 0.1) is 5.01 Å². The number of thiazole rings is 1. The number of hydrogen-bond donors (Lipinski definition) is 1. The van der Waals surface area contributed by atoms with E-state index in [-0.39, 0.29) is 0 Å². The largest absolute Gasteiger partial charge is 0.313 e. The fraction of sp³-hybridized carbons (Fsp3) is 0.750. The molecule has 0 aromatic carbocycles. The highest BCUT2D eigenvalue weighted by molar-refractivity contribution is 7.11. The molecule has 15 heavy (non-hydrogen) atoms. The van der Waals surface area contributed by atoms with Gasteiger partial charge in [-0.3, -0.25) is 0 Å². The quantitative estimate of drug-likeness (QED) is 0.832. The van der Waals surface area contributed by atoms with Crippen molar-refractivity contribution in [1.29, 1.82) is 0 Å². The normalized spacial score (nSPS) is 17.0. The van der Waals surface area contributed by atoms with Crippen LogP contribution in [0.4, 0.5) is 0 Å². The molecule has 2 nitrogen and oxygen atoms in total. The Kier molecular flexibility index (Phi) is 3.12. The minimum absolute atomic E-state index is 0.349. The highest BCUT2D eigenvalue weighted by atomic mass is 32.1. The molecule has 1 N–H and O–H groups in total. The molecule has 1 aliphatic carbocycles. The van der Waals surface area contributed by atoms with E-state index in [0.29, 0.717) is 5.41 Å². The summed E-state index contributed by atoms with van der Waals surface area (Å²) in [6.07, 6.45) is 5.91. The summed E-state index contributed by atoms with van der Waals surface area (Å²) in [5.41, 5.74) is 0.349. The minimum Gasteiger partial charge on any atom is -0.313 e. The van der Waals surface area contributed by atoms with Crippen LogP contribution in [0.3, 0.4) is 0 Å². The lowest BCUT2D eigenvalue weighted by molar-refractivity contribution is 0.339. The molecule has 1 heterocycles. The molecule has 1 aromatic heterocycles. The van der Waals surface area contributed by atoms with Crippen LogP contribution in [0.5, 0.6) is 0 Å². The fourth-order valence-corrected chi connectivity index (χ4v) is 2.78. The van der Waals surface area contributed by atoms with E-state index in [9.17, 15) is 0 Å². The van der Waals surface area contributed by atoms with Crippen LogP contribution in [0.2, 0.25) is 0 Å². The van der Waals surface area contributed by atoms with Gasteiger partial charge in [-0.05, 0) is 31.6 Å². The van der Waals surface area contributed by atoms with Crippen LogP contribution in [-0.2, 0) is 6.42 Å². The summed E-state index contributed by atoms with van der Waals surface area (Å²) in [5, 5.41) is 4.78. The van der Waals surface area contributed by atoms with Gasteiger partial charge in [-0.15, -0.1) is 11.3 Å². The van der Waals surface area contributed by atoms with Gasteiger partial charge in [0.25, 0.3) is 0 Å². The summed E-state index contributed by atoms with van der Waals surface area (Å²) in [5.74, 6) is 0. The molecule has 1 saturated carbocycles. The van der Waals surface area contributed by atoms with Gasteiger partial charge in [0.15, 0.2) is 0 Å². The molecule has 1 aliphatic rings. The zero-order chi connectivity index (χ0) is 10.9. The van der Waals surface area contributed by atoms with Crippen molar-refractivity contribution < 1.29 is 0 Å². The summed E-state index contributed by atoms with van der Waals surface area (Å²) < 4.78 is 0. The van der Waals surface area contributed by atoms with Gasteiger partial charge >= 0.3 is 0 Å². The minimum atomic E-state index is 0.349. The third-order valence-corrected chi connectivity index (χ3v) is 3.68. The van der Waals surface area contributed by atoms with Gasteiger partial charge < -0.3 is 5.32 Å². The molecular weight excluding hydrogens is 204 g/mol. The Bertz CT molecular complexity index is 326. The van der Waals surface area contributed by atoms with E-state index in [1.807, 2.05) is 17.5 Å². The third-order valence-electron chi connectivity index (χ3n) is 2.77. The van der Waals surface area contributed by atoms with Crippen molar-refractivity contribution in [3.05, 3.63) is 16.1 Å². The van der Waals surface area contributed by atoms with Gasteiger partial charge in [-0.25, -0.2) is 4.98 Å². The molecule has 0 aliphatic heterocycles. The summed E-state index contributed by atoms with van der Waals surface area (Å²) in [4.78, 5) is 5.72. The van der Waals surface area contributed by atoms with Gasteiger partial charge in [0.2, 0.25) is 0 Å². The number of nitrogens with one attached hydrogen (secondary N) is 1. The zero-order valence-corrected chi connectivity index (χ0v) is 10.7. The van der Waals surface area contributed by atoms with Crippen molar-refractivity contribution in [2.24, 2.45) is 5.41 Å². The molecule has 0 unspecified atom stereocenters. The molecule has 0 saturated heterocycles. The molecule has 1 aromatic rings. The molecule has 0 amide bonds. The molecule has 1 fully saturated rings. The number of aromatic nitrogens is 1. The van der Waals surface area contributed by atoms with E-state index in [1.165, 1.54) is 22.7 Å². The third kappa shape index (κ3) is 3.58. The van der Waals surface area contributed by atoms with Gasteiger partial charge in [0, 0.05) is 23.7 Å². The van der Waals surface area contributed by atoms with Crippen LogP contribution in [0.1, 0.15) is 36.6 Å². The molecule has 84 valence electrons. The molecule has 0 atom stereocenters. The van der Waals surface area contributed by atoms with E-state index in [0.717, 1.165) is 19.0 Å². The number of hydrogen-bond acceptors (Lipinski definition) is 3. The Morgan fingerprint density at radius 1 is 1.53 bits per heavy atom. The van der Waals surface area contributed by atoms with Crippen molar-refractivity contribution in [1.82, 2.24) is 10.3 Å². The highest BCUT2D eigenvalue weighted by Gasteiger charge is 2.25. The smallest absolute Gasteiger partial charge is 0.0896 e. The van der Waals surface area contributed by atoms with Gasteiger partial charge in [-0.1, -0.05) is 13.8 Å². The Morgan fingerprint density at radius 2 is 2.27 bits per heavy atom. The van der Waals surface area contributed by atoms with Crippen LogP contribution < -0.4 is 5.32 Å². The summed E-state index contributed by atoms with van der Waals surface area (Å²) in [7, 11) is 0. The topological polar surface area (TPSA) is 24.9 Å². The predicted octanol–water partition coefficient (Wildman–Crippen LogP) is 2.77. The fourth-order valence-electron chi connectivity index (χ4n) is 1.73. The van der Waals surface area contributed by atoms with Gasteiger partial charge in [0.1, 0.15) is 0 Å². The van der Waals surface area contributed by atoms with Crippen molar-refractivity contribution >= 4 is 11.3 Å². The monoisotopic (exact) mass is 224 g/mol. The van der Waals surface area contributed by atoms with Crippen LogP contribution in [-0.4, -0.2) is 17.6 Å². The zero-order valence-electron chi connectivity index (χ0n) is 9.84. The number of nitrogens with zero attached hydrogens (tertiary/aromatic N) is 1. The first-order valence-electron chi connectivity index (χ1n) is 5.70. The second kappa shape index (κ2) is 4.22. The van der Waals surface area contributed by atoms with Crippen LogP contribution in [0, 0.1) is 12.3 Å². The van der Waals surface area contributed by atoms with Crippen molar-refractivity contribution in [3.63, 3.8) is 0 Å². The molecule has 0 bridgehead atoms. The average Bonchev–Trinajstić information content (AvgIpc) is 2.88. The van der Waals surface area contributed by atoms with E-state index in [4.69, 9.17) is 0 Å². The van der Waals surface area contributed by atoms with Crippen LogP contribution >= 0.6 is 11.3 Å². The van der Waals surface area contributed by atoms with Crippen LogP contribution in [0.15, 0.2) is 6.20 Å². The van der Waals surface area contributed by atoms with E-state index < -0.39 is 0 Å². The average molecular weight is 224 g/mol. The van der Waals surface area contributed by atoms with Crippen molar-refractivity contribution in [3.8, 4) is 0 Å². The highest BCUT2D eigenvalue weighted by Crippen LogP contribution is 2.26. The molecule has 2 rings (SSSR count). The molecular formula is C12H20N2S. The number of aryl methyl sites for hydroxylation is 1. The lowest BCUT2D eigenvalue weighted by atomic mass is 9.89. The van der Waals surface area contributed by atoms with Crippen LogP contribution in [0.25, 0.3) is 0 Å². The number of rotatable bonds is 5. The van der Waals surface area contributed by atoms with Gasteiger partial charge in [-0.2, -0.15) is 0 Å². The first-order valence-corrected chi connectivity index (χ1v) is 6.51. The van der Waals surface area contributed by atoms with E-state index in [2.05, 4.69) is 31.1 Å². The Morgan fingerprint density at radius 3 is 2.80 bits per heavy atom. The Labute approximate surface area is 96.1 Å². The molecule has 0 radical (unpaired) electrons.